The van der Waals surface area contributed by atoms with Crippen LogP contribution in [0.4, 0.5) is 5.13 Å². The zero-order valence-corrected chi connectivity index (χ0v) is 16.1. The molecule has 1 atom stereocenters. The molecule has 27 heavy (non-hydrogen) atoms. The van der Waals surface area contributed by atoms with E-state index in [1.165, 1.54) is 17.6 Å². The molecular formula is C19H18ClN3O3S. The fourth-order valence-electron chi connectivity index (χ4n) is 2.53. The van der Waals surface area contributed by atoms with Gasteiger partial charge in [0.25, 0.3) is 5.91 Å². The number of hydrogen-bond acceptors (Lipinski definition) is 5. The molecular weight excluding hydrogens is 386 g/mol. The first-order valence-corrected chi connectivity index (χ1v) is 9.58. The molecule has 3 rings (SSSR count). The molecule has 2 N–H and O–H groups in total. The highest BCUT2D eigenvalue weighted by Crippen LogP contribution is 2.17. The number of carbonyl (C=O) groups is 2. The molecule has 0 bridgehead atoms. The number of nitrogens with one attached hydrogen (secondary N) is 2. The minimum atomic E-state index is -0.373. The highest BCUT2D eigenvalue weighted by atomic mass is 35.5. The van der Waals surface area contributed by atoms with Crippen LogP contribution < -0.4 is 10.6 Å². The van der Waals surface area contributed by atoms with Crippen molar-refractivity contribution in [2.75, 3.05) is 5.32 Å². The molecule has 8 heteroatoms. The van der Waals surface area contributed by atoms with Crippen molar-refractivity contribution in [3.05, 3.63) is 70.1 Å². The predicted octanol–water partition coefficient (Wildman–Crippen LogP) is 3.93. The SMILES string of the molecule is C[C@H](Cc1ccc(Cl)cc1)NC(=O)Cc1csc(NC(=O)c2ccco2)n1. The summed E-state index contributed by atoms with van der Waals surface area (Å²) in [7, 11) is 0. The van der Waals surface area contributed by atoms with Crippen LogP contribution >= 0.6 is 22.9 Å². The molecule has 0 unspecified atom stereocenters. The maximum Gasteiger partial charge on any atom is 0.293 e. The highest BCUT2D eigenvalue weighted by Gasteiger charge is 2.14. The number of amides is 2. The summed E-state index contributed by atoms with van der Waals surface area (Å²) < 4.78 is 5.03. The molecule has 2 aromatic heterocycles. The normalized spacial score (nSPS) is 11.8. The Balaban J connectivity index is 1.48. The zero-order chi connectivity index (χ0) is 19.2. The molecule has 2 heterocycles. The first-order chi connectivity index (χ1) is 13.0. The molecule has 0 spiro atoms. The van der Waals surface area contributed by atoms with Crippen LogP contribution in [-0.2, 0) is 17.6 Å². The molecule has 140 valence electrons. The van der Waals surface area contributed by atoms with Crippen molar-refractivity contribution in [2.24, 2.45) is 0 Å². The van der Waals surface area contributed by atoms with E-state index in [1.54, 1.807) is 17.5 Å². The first-order valence-electron chi connectivity index (χ1n) is 8.32. The van der Waals surface area contributed by atoms with E-state index in [0.29, 0.717) is 22.3 Å². The summed E-state index contributed by atoms with van der Waals surface area (Å²) in [6, 6.07) is 10.7. The van der Waals surface area contributed by atoms with Gasteiger partial charge in [0.2, 0.25) is 5.91 Å². The van der Waals surface area contributed by atoms with Crippen LogP contribution in [0.25, 0.3) is 0 Å². The summed E-state index contributed by atoms with van der Waals surface area (Å²) in [5.41, 5.74) is 1.70. The van der Waals surface area contributed by atoms with Crippen molar-refractivity contribution >= 4 is 39.9 Å². The third kappa shape index (κ3) is 5.67. The molecule has 0 aliphatic carbocycles. The predicted molar refractivity (Wildman–Crippen MR) is 105 cm³/mol. The van der Waals surface area contributed by atoms with Crippen LogP contribution in [0.2, 0.25) is 5.02 Å². The third-order valence-electron chi connectivity index (χ3n) is 3.72. The first kappa shape index (κ1) is 19.1. The summed E-state index contributed by atoms with van der Waals surface area (Å²) in [5.74, 6) is -0.284. The summed E-state index contributed by atoms with van der Waals surface area (Å²) in [4.78, 5) is 28.4. The van der Waals surface area contributed by atoms with Crippen LogP contribution in [0.1, 0.15) is 28.7 Å². The molecule has 0 radical (unpaired) electrons. The Morgan fingerprint density at radius 1 is 1.26 bits per heavy atom. The Morgan fingerprint density at radius 2 is 2.04 bits per heavy atom. The number of rotatable bonds is 7. The van der Waals surface area contributed by atoms with Crippen LogP contribution in [0.15, 0.2) is 52.5 Å². The molecule has 0 saturated heterocycles. The highest BCUT2D eigenvalue weighted by molar-refractivity contribution is 7.14. The molecule has 0 aliphatic rings. The minimum absolute atomic E-state index is 0.0181. The standard InChI is InChI=1S/C19H18ClN3O3S/c1-12(9-13-4-6-14(20)7-5-13)21-17(24)10-15-11-27-19(22-15)23-18(25)16-3-2-8-26-16/h2-8,11-12H,9-10H2,1H3,(H,21,24)(H,22,23,25)/t12-/m1/s1. The summed E-state index contributed by atoms with van der Waals surface area (Å²) in [5, 5.41) is 8.47. The lowest BCUT2D eigenvalue weighted by Gasteiger charge is -2.13. The van der Waals surface area contributed by atoms with Gasteiger partial charge in [0.1, 0.15) is 0 Å². The summed E-state index contributed by atoms with van der Waals surface area (Å²) in [6.45, 7) is 1.95. The summed E-state index contributed by atoms with van der Waals surface area (Å²) >= 11 is 7.14. The Labute approximate surface area is 165 Å². The zero-order valence-electron chi connectivity index (χ0n) is 14.6. The van der Waals surface area contributed by atoms with Crippen molar-refractivity contribution < 1.29 is 14.0 Å². The van der Waals surface area contributed by atoms with E-state index in [9.17, 15) is 9.59 Å². The van der Waals surface area contributed by atoms with Gasteiger partial charge in [0, 0.05) is 16.4 Å². The van der Waals surface area contributed by atoms with E-state index in [2.05, 4.69) is 15.6 Å². The van der Waals surface area contributed by atoms with Crippen molar-refractivity contribution in [1.29, 1.82) is 0 Å². The fraction of sp³-hybridized carbons (Fsp3) is 0.211. The van der Waals surface area contributed by atoms with Gasteiger partial charge < -0.3 is 9.73 Å². The third-order valence-corrected chi connectivity index (χ3v) is 4.78. The number of anilines is 1. The number of furan rings is 1. The average molecular weight is 404 g/mol. The number of halogens is 1. The molecule has 0 aliphatic heterocycles. The second-order valence-electron chi connectivity index (χ2n) is 6.05. The van der Waals surface area contributed by atoms with Crippen molar-refractivity contribution in [3.8, 4) is 0 Å². The second-order valence-corrected chi connectivity index (χ2v) is 7.35. The number of nitrogens with zero attached hydrogens (tertiary/aromatic N) is 1. The number of benzene rings is 1. The number of aromatic nitrogens is 1. The second kappa shape index (κ2) is 8.83. The Bertz CT molecular complexity index is 907. The van der Waals surface area contributed by atoms with E-state index < -0.39 is 0 Å². The van der Waals surface area contributed by atoms with Gasteiger partial charge in [-0.15, -0.1) is 11.3 Å². The maximum atomic E-state index is 12.2. The van der Waals surface area contributed by atoms with E-state index in [1.807, 2.05) is 31.2 Å². The van der Waals surface area contributed by atoms with E-state index >= 15 is 0 Å². The van der Waals surface area contributed by atoms with Crippen molar-refractivity contribution in [3.63, 3.8) is 0 Å². The Morgan fingerprint density at radius 3 is 2.74 bits per heavy atom. The van der Waals surface area contributed by atoms with Gasteiger partial charge in [-0.25, -0.2) is 4.98 Å². The largest absolute Gasteiger partial charge is 0.459 e. The minimum Gasteiger partial charge on any atom is -0.459 e. The topological polar surface area (TPSA) is 84.2 Å². The quantitative estimate of drug-likeness (QED) is 0.626. The molecule has 3 aromatic rings. The maximum absolute atomic E-state index is 12.2. The molecule has 2 amide bonds. The van der Waals surface area contributed by atoms with Crippen molar-refractivity contribution in [2.45, 2.75) is 25.8 Å². The van der Waals surface area contributed by atoms with Gasteiger partial charge >= 0.3 is 0 Å². The Kier molecular flexibility index (Phi) is 6.26. The van der Waals surface area contributed by atoms with Gasteiger partial charge in [-0.2, -0.15) is 0 Å². The van der Waals surface area contributed by atoms with Gasteiger partial charge in [-0.05, 0) is 43.2 Å². The van der Waals surface area contributed by atoms with E-state index in [-0.39, 0.29) is 30.0 Å². The van der Waals surface area contributed by atoms with E-state index in [4.69, 9.17) is 16.0 Å². The molecule has 6 nitrogen and oxygen atoms in total. The van der Waals surface area contributed by atoms with Crippen LogP contribution in [0.5, 0.6) is 0 Å². The lowest BCUT2D eigenvalue weighted by molar-refractivity contribution is -0.121. The monoisotopic (exact) mass is 403 g/mol. The number of thiazole rings is 1. The fourth-order valence-corrected chi connectivity index (χ4v) is 3.36. The molecule has 0 saturated carbocycles. The lowest BCUT2D eigenvalue weighted by Crippen LogP contribution is -2.35. The van der Waals surface area contributed by atoms with Crippen molar-refractivity contribution in [1.82, 2.24) is 10.3 Å². The van der Waals surface area contributed by atoms with Gasteiger partial charge in [0.15, 0.2) is 10.9 Å². The van der Waals surface area contributed by atoms with Crippen LogP contribution in [0.3, 0.4) is 0 Å². The van der Waals surface area contributed by atoms with Gasteiger partial charge in [-0.3, -0.25) is 14.9 Å². The lowest BCUT2D eigenvalue weighted by atomic mass is 10.1. The van der Waals surface area contributed by atoms with E-state index in [0.717, 1.165) is 5.56 Å². The molecule has 1 aromatic carbocycles. The van der Waals surface area contributed by atoms with Gasteiger partial charge in [-0.1, -0.05) is 23.7 Å². The number of hydrogen-bond donors (Lipinski definition) is 2. The Hall–Kier alpha value is -2.64. The van der Waals surface area contributed by atoms with Gasteiger partial charge in [0.05, 0.1) is 18.4 Å². The average Bonchev–Trinajstić information content (AvgIpc) is 3.29. The number of carbonyl (C=O) groups excluding carboxylic acids is 2. The smallest absolute Gasteiger partial charge is 0.293 e. The molecule has 0 fully saturated rings. The van der Waals surface area contributed by atoms with Crippen LogP contribution in [0, 0.1) is 0 Å². The van der Waals surface area contributed by atoms with Crippen LogP contribution in [-0.4, -0.2) is 22.8 Å². The summed E-state index contributed by atoms with van der Waals surface area (Å²) in [6.07, 6.45) is 2.29.